The number of allylic oxidation sites excluding steroid dienone is 2. The van der Waals surface area contributed by atoms with Gasteiger partial charge in [0.25, 0.3) is 0 Å². The Hall–Kier alpha value is 0.420. The summed E-state index contributed by atoms with van der Waals surface area (Å²) in [6.07, 6.45) is 0. The van der Waals surface area contributed by atoms with Gasteiger partial charge in [-0.25, -0.2) is 4.90 Å². The second-order valence-corrected chi connectivity index (χ2v) is 10.2. The largest absolute Gasteiger partial charge is 0.274 e. The van der Waals surface area contributed by atoms with E-state index in [1.54, 1.807) is 6.07 Å². The maximum absolute atomic E-state index is 13.2. The Morgan fingerprint density at radius 2 is 1.27 bits per heavy atom. The van der Waals surface area contributed by atoms with Crippen molar-refractivity contribution in [2.45, 2.75) is 14.1 Å². The quantitative estimate of drug-likeness (QED) is 0.343. The van der Waals surface area contributed by atoms with Crippen molar-refractivity contribution in [2.75, 3.05) is 4.90 Å². The lowest BCUT2D eigenvalue weighted by molar-refractivity contribution is -0.123. The third-order valence-corrected chi connectivity index (χ3v) is 10.1. The van der Waals surface area contributed by atoms with E-state index < -0.39 is 37.7 Å². The zero-order valence-corrected chi connectivity index (χ0v) is 18.2. The molecule has 1 aliphatic heterocycles. The molecule has 1 aromatic carbocycles. The molecule has 0 unspecified atom stereocenters. The predicted molar refractivity (Wildman–Crippen MR) is 106 cm³/mol. The maximum atomic E-state index is 13.2. The van der Waals surface area contributed by atoms with E-state index in [2.05, 4.69) is 0 Å². The van der Waals surface area contributed by atoms with E-state index in [0.29, 0.717) is 0 Å². The summed E-state index contributed by atoms with van der Waals surface area (Å²) in [5, 5.41) is -0.0997. The zero-order chi connectivity index (χ0) is 19.4. The molecular weight excluding hydrogens is 510 g/mol. The molecule has 1 saturated heterocycles. The Morgan fingerprint density at radius 3 is 1.73 bits per heavy atom. The molecule has 1 saturated carbocycles. The Morgan fingerprint density at radius 1 is 0.808 bits per heavy atom. The summed E-state index contributed by atoms with van der Waals surface area (Å²) < 4.78 is -1.97. The Bertz CT molecular complexity index is 884. The molecule has 11 heteroatoms. The van der Waals surface area contributed by atoms with Crippen molar-refractivity contribution in [1.82, 2.24) is 0 Å². The van der Waals surface area contributed by atoms with Gasteiger partial charge in [0.1, 0.15) is 9.75 Å². The number of benzene rings is 1. The minimum absolute atomic E-state index is 0.0311. The van der Waals surface area contributed by atoms with E-state index >= 15 is 0 Å². The number of nitrogens with zero attached hydrogens (tertiary/aromatic N) is 1. The van der Waals surface area contributed by atoms with Gasteiger partial charge < -0.3 is 0 Å². The lowest BCUT2D eigenvalue weighted by Crippen LogP contribution is -2.50. The first-order valence-electron chi connectivity index (χ1n) is 7.07. The van der Waals surface area contributed by atoms with E-state index in [0.717, 1.165) is 4.90 Å². The lowest BCUT2D eigenvalue weighted by atomic mass is 9.84. The highest BCUT2D eigenvalue weighted by Crippen LogP contribution is 2.77. The topological polar surface area (TPSA) is 37.4 Å². The van der Waals surface area contributed by atoms with Crippen LogP contribution in [0.5, 0.6) is 0 Å². The molecule has 3 nitrogen and oxygen atoms in total. The van der Waals surface area contributed by atoms with Crippen LogP contribution in [0.15, 0.2) is 28.3 Å². The molecule has 2 fully saturated rings. The number of carbonyl (C=O) groups excluding carboxylic acids is 2. The summed E-state index contributed by atoms with van der Waals surface area (Å²) in [5.74, 6) is -3.80. The molecule has 4 atom stereocenters. The van der Waals surface area contributed by atoms with Crippen molar-refractivity contribution >= 4 is 110 Å². The first kappa shape index (κ1) is 19.7. The molecule has 3 aliphatic rings. The van der Waals surface area contributed by atoms with Crippen LogP contribution in [0.2, 0.25) is 10.0 Å². The fourth-order valence-electron chi connectivity index (χ4n) is 3.90. The predicted octanol–water partition coefficient (Wildman–Crippen LogP) is 5.94. The molecular formula is C15H5Cl8NO2. The smallest absolute Gasteiger partial charge is 0.240 e. The molecule has 2 bridgehead atoms. The number of imide groups is 1. The molecule has 1 aromatic rings. The highest BCUT2D eigenvalue weighted by molar-refractivity contribution is 6.67. The maximum Gasteiger partial charge on any atom is 0.240 e. The van der Waals surface area contributed by atoms with Gasteiger partial charge >= 0.3 is 0 Å². The summed E-state index contributed by atoms with van der Waals surface area (Å²) in [4.78, 5) is 23.5. The van der Waals surface area contributed by atoms with Gasteiger partial charge in [0.05, 0.1) is 37.6 Å². The van der Waals surface area contributed by atoms with Crippen molar-refractivity contribution in [3.8, 4) is 0 Å². The number of hydrogen-bond donors (Lipinski definition) is 0. The lowest BCUT2D eigenvalue weighted by Gasteiger charge is -2.34. The van der Waals surface area contributed by atoms with Gasteiger partial charge in [0.15, 0.2) is 4.33 Å². The number of amides is 2. The Labute approximate surface area is 188 Å². The number of anilines is 1. The number of carbonyl (C=O) groups is 2. The van der Waals surface area contributed by atoms with Crippen LogP contribution in [0.25, 0.3) is 0 Å². The van der Waals surface area contributed by atoms with Gasteiger partial charge in [0.2, 0.25) is 11.8 Å². The van der Waals surface area contributed by atoms with Gasteiger partial charge in [0, 0.05) is 0 Å². The van der Waals surface area contributed by atoms with E-state index in [4.69, 9.17) is 92.8 Å². The molecule has 0 radical (unpaired) electrons. The SMILES string of the molecule is O=C1[C@@H]2[C@@H](C(=O)N1c1cccc(Cl)c1Cl)[C@@]1(Cl)C(Cl)=C(Cl)[C@@]2(Cl)C1(Cl)Cl. The first-order valence-corrected chi connectivity index (χ1v) is 10.1. The molecule has 1 heterocycles. The van der Waals surface area contributed by atoms with Crippen LogP contribution in [0.4, 0.5) is 5.69 Å². The first-order chi connectivity index (χ1) is 11.9. The third-order valence-electron chi connectivity index (χ3n) is 5.08. The average Bonchev–Trinajstić information content (AvgIpc) is 2.95. The van der Waals surface area contributed by atoms with Crippen LogP contribution in [0.3, 0.4) is 0 Å². The Kier molecular flexibility index (Phi) is 4.35. The number of rotatable bonds is 1. The van der Waals surface area contributed by atoms with Crippen LogP contribution >= 0.6 is 92.8 Å². The van der Waals surface area contributed by atoms with Crippen LogP contribution in [-0.4, -0.2) is 25.9 Å². The summed E-state index contributed by atoms with van der Waals surface area (Å²) in [7, 11) is 0. The molecule has 2 aliphatic carbocycles. The van der Waals surface area contributed by atoms with Crippen LogP contribution in [-0.2, 0) is 9.59 Å². The van der Waals surface area contributed by atoms with Crippen molar-refractivity contribution in [1.29, 1.82) is 0 Å². The second-order valence-electron chi connectivity index (χ2n) is 6.17. The molecule has 2 amide bonds. The van der Waals surface area contributed by atoms with Crippen LogP contribution in [0.1, 0.15) is 0 Å². The van der Waals surface area contributed by atoms with E-state index in [1.165, 1.54) is 12.1 Å². The fraction of sp³-hybridized carbons (Fsp3) is 0.333. The number of hydrogen-bond acceptors (Lipinski definition) is 2. The fourth-order valence-corrected chi connectivity index (χ4v) is 7.21. The normalized spacial score (nSPS) is 37.8. The van der Waals surface area contributed by atoms with Crippen LogP contribution in [0, 0.1) is 11.8 Å². The van der Waals surface area contributed by atoms with E-state index in [-0.39, 0.29) is 25.8 Å². The summed E-state index contributed by atoms with van der Waals surface area (Å²) in [6, 6.07) is 4.54. The third kappa shape index (κ3) is 1.88. The molecule has 138 valence electrons. The number of alkyl halides is 4. The number of fused-ring (bicyclic) bond motifs is 5. The minimum Gasteiger partial charge on any atom is -0.274 e. The molecule has 4 rings (SSSR count). The number of halogens is 8. The molecule has 0 spiro atoms. The van der Waals surface area contributed by atoms with Gasteiger partial charge in [-0.2, -0.15) is 0 Å². The summed E-state index contributed by atoms with van der Waals surface area (Å²) >= 11 is 50.7. The van der Waals surface area contributed by atoms with Crippen LogP contribution < -0.4 is 4.90 Å². The minimum atomic E-state index is -1.97. The van der Waals surface area contributed by atoms with Crippen molar-refractivity contribution in [2.24, 2.45) is 11.8 Å². The molecule has 0 aromatic heterocycles. The highest BCUT2D eigenvalue weighted by atomic mass is 35.5. The summed E-state index contributed by atoms with van der Waals surface area (Å²) in [6.45, 7) is 0. The van der Waals surface area contributed by atoms with Crippen molar-refractivity contribution < 1.29 is 9.59 Å². The second kappa shape index (κ2) is 5.73. The van der Waals surface area contributed by atoms with E-state index in [1.807, 2.05) is 0 Å². The van der Waals surface area contributed by atoms with Crippen molar-refractivity contribution in [3.05, 3.63) is 38.3 Å². The van der Waals surface area contributed by atoms with E-state index in [9.17, 15) is 9.59 Å². The molecule has 0 N–H and O–H groups in total. The van der Waals surface area contributed by atoms with Crippen molar-refractivity contribution in [3.63, 3.8) is 0 Å². The van der Waals surface area contributed by atoms with Gasteiger partial charge in [-0.1, -0.05) is 75.7 Å². The Balaban J connectivity index is 1.94. The highest BCUT2D eigenvalue weighted by Gasteiger charge is 2.87. The monoisotopic (exact) mass is 511 g/mol. The van der Waals surface area contributed by atoms with Gasteiger partial charge in [-0.05, 0) is 12.1 Å². The van der Waals surface area contributed by atoms with Gasteiger partial charge in [-0.3, -0.25) is 9.59 Å². The standard InChI is InChI=1S/C15H5Cl8NO2/c16-4-2-1-3-5(8(4)17)24-11(25)6-7(12(24)26)14(21)10(19)9(18)13(6,20)15(14,22)23/h1-3,6-7H/t6-,7-,13+,14+/m0/s1. The zero-order valence-electron chi connectivity index (χ0n) is 12.2. The average molecular weight is 515 g/mol. The molecule has 26 heavy (non-hydrogen) atoms. The summed E-state index contributed by atoms with van der Waals surface area (Å²) in [5.41, 5.74) is 0.102. The van der Waals surface area contributed by atoms with Gasteiger partial charge in [-0.15, -0.1) is 23.2 Å².